The fourth-order valence-corrected chi connectivity index (χ4v) is 2.91. The van der Waals surface area contributed by atoms with Crippen molar-refractivity contribution >= 4 is 5.78 Å². The molecule has 0 saturated heterocycles. The lowest BCUT2D eigenvalue weighted by atomic mass is 10.0. The van der Waals surface area contributed by atoms with E-state index in [0.29, 0.717) is 6.42 Å². The Kier molecular flexibility index (Phi) is 2.67. The largest absolute Gasteiger partial charge is 0.294 e. The van der Waals surface area contributed by atoms with Crippen molar-refractivity contribution in [3.8, 4) is 16.9 Å². The number of ketones is 1. The second-order valence-electron chi connectivity index (χ2n) is 5.12. The molecule has 4 nitrogen and oxygen atoms in total. The van der Waals surface area contributed by atoms with Gasteiger partial charge in [-0.1, -0.05) is 41.6 Å². The van der Waals surface area contributed by atoms with Crippen molar-refractivity contribution < 1.29 is 4.79 Å². The summed E-state index contributed by atoms with van der Waals surface area (Å²) < 4.78 is 1.82. The van der Waals surface area contributed by atoms with Crippen molar-refractivity contribution in [3.63, 3.8) is 0 Å². The van der Waals surface area contributed by atoms with Crippen molar-refractivity contribution in [2.45, 2.75) is 12.8 Å². The van der Waals surface area contributed by atoms with E-state index in [4.69, 9.17) is 0 Å². The average molecular weight is 275 g/mol. The monoisotopic (exact) mass is 275 g/mol. The van der Waals surface area contributed by atoms with Crippen LogP contribution in [0.3, 0.4) is 0 Å². The number of hydrogen-bond donors (Lipinski definition) is 0. The Bertz CT molecular complexity index is 821. The first-order chi connectivity index (χ1) is 10.3. The Labute approximate surface area is 122 Å². The van der Waals surface area contributed by atoms with Gasteiger partial charge in [0.1, 0.15) is 0 Å². The predicted molar refractivity (Wildman–Crippen MR) is 79.4 cm³/mol. The molecule has 21 heavy (non-hydrogen) atoms. The first kappa shape index (κ1) is 12.0. The summed E-state index contributed by atoms with van der Waals surface area (Å²) in [6, 6.07) is 15.8. The maximum Gasteiger partial charge on any atom is 0.163 e. The number of para-hydroxylation sites is 1. The molecule has 0 fully saturated rings. The highest BCUT2D eigenvalue weighted by Gasteiger charge is 2.24. The van der Waals surface area contributed by atoms with Gasteiger partial charge in [-0.3, -0.25) is 4.79 Å². The first-order valence-corrected chi connectivity index (χ1v) is 6.96. The van der Waals surface area contributed by atoms with E-state index >= 15 is 0 Å². The van der Waals surface area contributed by atoms with E-state index in [0.717, 1.165) is 34.5 Å². The van der Waals surface area contributed by atoms with Gasteiger partial charge in [-0.25, -0.2) is 4.68 Å². The fourth-order valence-electron chi connectivity index (χ4n) is 2.91. The second-order valence-corrected chi connectivity index (χ2v) is 5.12. The summed E-state index contributed by atoms with van der Waals surface area (Å²) in [4.78, 5) is 11.9. The van der Waals surface area contributed by atoms with Gasteiger partial charge in [-0.15, -0.1) is 5.10 Å². The van der Waals surface area contributed by atoms with Crippen LogP contribution in [0.1, 0.15) is 22.3 Å². The van der Waals surface area contributed by atoms with Gasteiger partial charge in [-0.2, -0.15) is 0 Å². The molecule has 1 aromatic heterocycles. The van der Waals surface area contributed by atoms with Crippen LogP contribution >= 0.6 is 0 Å². The average Bonchev–Trinajstić information content (AvgIpc) is 3.15. The van der Waals surface area contributed by atoms with Gasteiger partial charge in [-0.05, 0) is 24.1 Å². The molecule has 4 heteroatoms. The topological polar surface area (TPSA) is 47.8 Å². The molecule has 0 amide bonds. The Balaban J connectivity index is 1.91. The van der Waals surface area contributed by atoms with Crippen molar-refractivity contribution in [1.82, 2.24) is 15.0 Å². The number of rotatable bonds is 2. The molecule has 0 aliphatic heterocycles. The van der Waals surface area contributed by atoms with Crippen LogP contribution in [0, 0.1) is 0 Å². The standard InChI is InChI=1S/C17H13N3O/c21-17-10-9-13-14(7-4-8-15(13)17)16-11-18-19-20(16)12-5-2-1-3-6-12/h1-8,11H,9-10H2. The van der Waals surface area contributed by atoms with Gasteiger partial charge < -0.3 is 0 Å². The van der Waals surface area contributed by atoms with Crippen LogP contribution in [0.25, 0.3) is 16.9 Å². The number of nitrogens with zero attached hydrogens (tertiary/aromatic N) is 3. The molecule has 0 N–H and O–H groups in total. The molecule has 0 unspecified atom stereocenters. The number of hydrogen-bond acceptors (Lipinski definition) is 3. The maximum atomic E-state index is 11.9. The van der Waals surface area contributed by atoms with Crippen LogP contribution in [0.2, 0.25) is 0 Å². The summed E-state index contributed by atoms with van der Waals surface area (Å²) >= 11 is 0. The smallest absolute Gasteiger partial charge is 0.163 e. The third-order valence-electron chi connectivity index (χ3n) is 3.90. The molecule has 102 valence electrons. The van der Waals surface area contributed by atoms with Crippen LogP contribution in [-0.4, -0.2) is 20.8 Å². The Hall–Kier alpha value is -2.75. The molecule has 0 bridgehead atoms. The van der Waals surface area contributed by atoms with E-state index < -0.39 is 0 Å². The van der Waals surface area contributed by atoms with Crippen molar-refractivity contribution in [3.05, 3.63) is 65.9 Å². The minimum atomic E-state index is 0.227. The van der Waals surface area contributed by atoms with E-state index in [-0.39, 0.29) is 5.78 Å². The molecule has 0 atom stereocenters. The lowest BCUT2D eigenvalue weighted by molar-refractivity contribution is 0.0994. The molecule has 1 aliphatic carbocycles. The third-order valence-corrected chi connectivity index (χ3v) is 3.90. The highest BCUT2D eigenvalue weighted by atomic mass is 16.1. The van der Waals surface area contributed by atoms with Crippen molar-refractivity contribution in [2.24, 2.45) is 0 Å². The third kappa shape index (κ3) is 1.88. The van der Waals surface area contributed by atoms with Crippen LogP contribution < -0.4 is 0 Å². The highest BCUT2D eigenvalue weighted by Crippen LogP contribution is 2.32. The Morgan fingerprint density at radius 3 is 2.57 bits per heavy atom. The van der Waals surface area contributed by atoms with Gasteiger partial charge in [0.15, 0.2) is 5.78 Å². The highest BCUT2D eigenvalue weighted by molar-refractivity contribution is 6.02. The Morgan fingerprint density at radius 1 is 0.905 bits per heavy atom. The number of Topliss-reactive ketones (excluding diaryl/α,β-unsaturated/α-hetero) is 1. The predicted octanol–water partition coefficient (Wildman–Crippen LogP) is 3.06. The molecule has 0 spiro atoms. The molecule has 4 rings (SSSR count). The van der Waals surface area contributed by atoms with E-state index in [2.05, 4.69) is 10.3 Å². The van der Waals surface area contributed by atoms with E-state index in [1.807, 2.05) is 53.2 Å². The zero-order valence-corrected chi connectivity index (χ0v) is 11.4. The summed E-state index contributed by atoms with van der Waals surface area (Å²) in [6.07, 6.45) is 3.15. The first-order valence-electron chi connectivity index (χ1n) is 6.96. The molecular weight excluding hydrogens is 262 g/mol. The zero-order chi connectivity index (χ0) is 14.2. The summed E-state index contributed by atoms with van der Waals surface area (Å²) in [5.41, 5.74) is 4.89. The summed E-state index contributed by atoms with van der Waals surface area (Å²) in [7, 11) is 0. The van der Waals surface area contributed by atoms with Gasteiger partial charge in [0, 0.05) is 17.5 Å². The van der Waals surface area contributed by atoms with Crippen LogP contribution in [0.15, 0.2) is 54.7 Å². The Morgan fingerprint density at radius 2 is 1.71 bits per heavy atom. The lowest BCUT2D eigenvalue weighted by Gasteiger charge is -2.09. The van der Waals surface area contributed by atoms with Gasteiger partial charge in [0.2, 0.25) is 0 Å². The van der Waals surface area contributed by atoms with Gasteiger partial charge >= 0.3 is 0 Å². The number of aromatic nitrogens is 3. The lowest BCUT2D eigenvalue weighted by Crippen LogP contribution is -2.01. The van der Waals surface area contributed by atoms with E-state index in [1.165, 1.54) is 0 Å². The minimum Gasteiger partial charge on any atom is -0.294 e. The summed E-state index contributed by atoms with van der Waals surface area (Å²) in [6.45, 7) is 0. The molecule has 0 saturated carbocycles. The normalized spacial score (nSPS) is 13.4. The van der Waals surface area contributed by atoms with Crippen LogP contribution in [0.4, 0.5) is 0 Å². The van der Waals surface area contributed by atoms with Crippen LogP contribution in [0.5, 0.6) is 0 Å². The number of fused-ring (bicyclic) bond motifs is 1. The number of carbonyl (C=O) groups excluding carboxylic acids is 1. The summed E-state index contributed by atoms with van der Waals surface area (Å²) in [5, 5.41) is 8.24. The summed E-state index contributed by atoms with van der Waals surface area (Å²) in [5.74, 6) is 0.227. The second kappa shape index (κ2) is 4.66. The maximum absolute atomic E-state index is 11.9. The molecule has 1 aliphatic rings. The molecule has 1 heterocycles. The molecule has 3 aromatic rings. The fraction of sp³-hybridized carbons (Fsp3) is 0.118. The number of benzene rings is 2. The van der Waals surface area contributed by atoms with Crippen molar-refractivity contribution in [1.29, 1.82) is 0 Å². The van der Waals surface area contributed by atoms with E-state index in [1.54, 1.807) is 6.20 Å². The van der Waals surface area contributed by atoms with Gasteiger partial charge in [0.25, 0.3) is 0 Å². The minimum absolute atomic E-state index is 0.227. The molecular formula is C17H13N3O. The molecule has 2 aromatic carbocycles. The quantitative estimate of drug-likeness (QED) is 0.722. The zero-order valence-electron chi connectivity index (χ0n) is 11.4. The van der Waals surface area contributed by atoms with Gasteiger partial charge in [0.05, 0.1) is 17.6 Å². The SMILES string of the molecule is O=C1CCc2c1cccc2-c1cnnn1-c1ccccc1. The van der Waals surface area contributed by atoms with Crippen molar-refractivity contribution in [2.75, 3.05) is 0 Å². The number of carbonyl (C=O) groups is 1. The molecule has 0 radical (unpaired) electrons. The van der Waals surface area contributed by atoms with Crippen LogP contribution in [-0.2, 0) is 6.42 Å². The van der Waals surface area contributed by atoms with E-state index in [9.17, 15) is 4.79 Å².